The quantitative estimate of drug-likeness (QED) is 0.894. The Hall–Kier alpha value is -1.11. The van der Waals surface area contributed by atoms with Crippen LogP contribution in [0.2, 0.25) is 0 Å². The molecule has 0 unspecified atom stereocenters. The number of aliphatic hydroxyl groups is 1. The van der Waals surface area contributed by atoms with E-state index < -0.39 is 10.0 Å². The van der Waals surface area contributed by atoms with Crippen molar-refractivity contribution in [2.45, 2.75) is 25.2 Å². The monoisotopic (exact) mass is 299 g/mol. The highest BCUT2D eigenvalue weighted by Crippen LogP contribution is 2.32. The van der Waals surface area contributed by atoms with Crippen molar-refractivity contribution in [3.8, 4) is 5.75 Å². The Morgan fingerprint density at radius 2 is 1.95 bits per heavy atom. The summed E-state index contributed by atoms with van der Waals surface area (Å²) >= 11 is 0. The fourth-order valence-electron chi connectivity index (χ4n) is 2.29. The van der Waals surface area contributed by atoms with Crippen molar-refractivity contribution in [3.05, 3.63) is 24.3 Å². The molecule has 112 valence electrons. The zero-order chi connectivity index (χ0) is 14.8. The lowest BCUT2D eigenvalue weighted by molar-refractivity contribution is 0.201. The van der Waals surface area contributed by atoms with Gasteiger partial charge in [-0.15, -0.1) is 0 Å². The van der Waals surface area contributed by atoms with Crippen molar-refractivity contribution in [1.82, 2.24) is 4.31 Å². The third-order valence-electron chi connectivity index (χ3n) is 3.46. The summed E-state index contributed by atoms with van der Waals surface area (Å²) in [5.74, 6) is 0.555. The number of benzene rings is 1. The van der Waals surface area contributed by atoms with Gasteiger partial charge in [0.1, 0.15) is 12.4 Å². The Balaban J connectivity index is 2.14. The molecular formula is C14H21NO4S. The second kappa shape index (κ2) is 5.71. The Morgan fingerprint density at radius 3 is 2.45 bits per heavy atom. The van der Waals surface area contributed by atoms with Crippen molar-refractivity contribution >= 4 is 10.0 Å². The maximum atomic E-state index is 12.5. The number of sulfonamides is 1. The first-order valence-electron chi connectivity index (χ1n) is 6.69. The van der Waals surface area contributed by atoms with E-state index in [2.05, 4.69) is 13.8 Å². The molecule has 1 aromatic rings. The van der Waals surface area contributed by atoms with E-state index in [9.17, 15) is 8.42 Å². The summed E-state index contributed by atoms with van der Waals surface area (Å²) in [7, 11) is -3.42. The van der Waals surface area contributed by atoms with Crippen LogP contribution in [0.4, 0.5) is 0 Å². The van der Waals surface area contributed by atoms with Gasteiger partial charge in [0.25, 0.3) is 0 Å². The zero-order valence-corrected chi connectivity index (χ0v) is 12.7. The van der Waals surface area contributed by atoms with Crippen LogP contribution in [0.3, 0.4) is 0 Å². The van der Waals surface area contributed by atoms with Crippen molar-refractivity contribution < 1.29 is 18.3 Å². The molecule has 1 fully saturated rings. The number of ether oxygens (including phenoxy) is 1. The minimum absolute atomic E-state index is 0.0389. The molecule has 0 aromatic heterocycles. The van der Waals surface area contributed by atoms with Gasteiger partial charge in [-0.05, 0) is 36.1 Å². The Bertz CT molecular complexity index is 551. The lowest BCUT2D eigenvalue weighted by atomic mass is 9.93. The summed E-state index contributed by atoms with van der Waals surface area (Å²) in [6.45, 7) is 5.41. The molecular weight excluding hydrogens is 278 g/mol. The number of rotatable bonds is 5. The molecule has 0 spiro atoms. The Morgan fingerprint density at radius 1 is 1.30 bits per heavy atom. The van der Waals surface area contributed by atoms with Gasteiger partial charge in [-0.25, -0.2) is 8.42 Å². The van der Waals surface area contributed by atoms with Crippen LogP contribution in [0, 0.1) is 5.41 Å². The van der Waals surface area contributed by atoms with Crippen molar-refractivity contribution in [2.75, 3.05) is 26.3 Å². The van der Waals surface area contributed by atoms with E-state index in [1.807, 2.05) is 0 Å². The van der Waals surface area contributed by atoms with Crippen molar-refractivity contribution in [3.63, 3.8) is 0 Å². The van der Waals surface area contributed by atoms with Crippen molar-refractivity contribution in [1.29, 1.82) is 0 Å². The highest BCUT2D eigenvalue weighted by Gasteiger charge is 2.36. The molecule has 0 aliphatic carbocycles. The number of aliphatic hydroxyl groups excluding tert-OH is 1. The van der Waals surface area contributed by atoms with Gasteiger partial charge in [0.2, 0.25) is 10.0 Å². The fraction of sp³-hybridized carbons (Fsp3) is 0.571. The predicted octanol–water partition coefficient (Wildman–Crippen LogP) is 1.48. The molecule has 1 aromatic carbocycles. The van der Waals surface area contributed by atoms with Crippen LogP contribution in [0.25, 0.3) is 0 Å². The molecule has 0 amide bonds. The van der Waals surface area contributed by atoms with E-state index in [-0.39, 0.29) is 23.5 Å². The standard InChI is InChI=1S/C14H21NO4S/c1-14(2)7-8-15(11-14)20(17,18)13-5-3-12(4-6-13)19-10-9-16/h3-6,16H,7-11H2,1-2H3. The van der Waals surface area contributed by atoms with Crippen LogP contribution in [-0.4, -0.2) is 44.1 Å². The van der Waals surface area contributed by atoms with Gasteiger partial charge < -0.3 is 9.84 Å². The normalized spacial score (nSPS) is 19.1. The van der Waals surface area contributed by atoms with Crippen LogP contribution in [0.5, 0.6) is 5.75 Å². The molecule has 1 heterocycles. The molecule has 1 aliphatic heterocycles. The first kappa shape index (κ1) is 15.3. The SMILES string of the molecule is CC1(C)CCN(S(=O)(=O)c2ccc(OCCO)cc2)C1. The van der Waals surface area contributed by atoms with Crippen LogP contribution < -0.4 is 4.74 Å². The van der Waals surface area contributed by atoms with Crippen LogP contribution in [0.1, 0.15) is 20.3 Å². The topological polar surface area (TPSA) is 66.8 Å². The largest absolute Gasteiger partial charge is 0.491 e. The van der Waals surface area contributed by atoms with Gasteiger partial charge in [0.15, 0.2) is 0 Å². The van der Waals surface area contributed by atoms with E-state index in [4.69, 9.17) is 9.84 Å². The van der Waals surface area contributed by atoms with Gasteiger partial charge in [-0.2, -0.15) is 4.31 Å². The second-order valence-electron chi connectivity index (χ2n) is 5.80. The van der Waals surface area contributed by atoms with E-state index in [1.165, 1.54) is 4.31 Å². The fourth-order valence-corrected chi connectivity index (χ4v) is 3.92. The molecule has 0 atom stereocenters. The molecule has 20 heavy (non-hydrogen) atoms. The third kappa shape index (κ3) is 3.31. The summed E-state index contributed by atoms with van der Waals surface area (Å²) in [6.07, 6.45) is 0.879. The predicted molar refractivity (Wildman–Crippen MR) is 76.2 cm³/mol. The van der Waals surface area contributed by atoms with Crippen LogP contribution >= 0.6 is 0 Å². The van der Waals surface area contributed by atoms with Gasteiger partial charge in [0.05, 0.1) is 11.5 Å². The molecule has 1 aliphatic rings. The van der Waals surface area contributed by atoms with E-state index in [0.717, 1.165) is 6.42 Å². The third-order valence-corrected chi connectivity index (χ3v) is 5.32. The van der Waals surface area contributed by atoms with Gasteiger partial charge in [0, 0.05) is 13.1 Å². The average molecular weight is 299 g/mol. The smallest absolute Gasteiger partial charge is 0.243 e. The molecule has 0 bridgehead atoms. The number of hydrogen-bond acceptors (Lipinski definition) is 4. The highest BCUT2D eigenvalue weighted by atomic mass is 32.2. The number of nitrogens with zero attached hydrogens (tertiary/aromatic N) is 1. The maximum absolute atomic E-state index is 12.5. The lowest BCUT2D eigenvalue weighted by Gasteiger charge is -2.19. The van der Waals surface area contributed by atoms with Gasteiger partial charge in [-0.3, -0.25) is 0 Å². The molecule has 1 saturated heterocycles. The Labute approximate surface area is 120 Å². The molecule has 1 N–H and O–H groups in total. The zero-order valence-electron chi connectivity index (χ0n) is 11.9. The molecule has 5 nitrogen and oxygen atoms in total. The Kier molecular flexibility index (Phi) is 4.36. The minimum Gasteiger partial charge on any atom is -0.491 e. The minimum atomic E-state index is -3.42. The summed E-state index contributed by atoms with van der Waals surface area (Å²) in [5.41, 5.74) is 0.0389. The van der Waals surface area contributed by atoms with Crippen LogP contribution in [-0.2, 0) is 10.0 Å². The van der Waals surface area contributed by atoms with Gasteiger partial charge >= 0.3 is 0 Å². The number of hydrogen-bond donors (Lipinski definition) is 1. The van der Waals surface area contributed by atoms with Crippen molar-refractivity contribution in [2.24, 2.45) is 5.41 Å². The van der Waals surface area contributed by atoms with E-state index in [0.29, 0.717) is 18.8 Å². The van der Waals surface area contributed by atoms with Crippen LogP contribution in [0.15, 0.2) is 29.2 Å². The highest BCUT2D eigenvalue weighted by molar-refractivity contribution is 7.89. The first-order valence-corrected chi connectivity index (χ1v) is 8.13. The summed E-state index contributed by atoms with van der Waals surface area (Å²) < 4.78 is 31.7. The lowest BCUT2D eigenvalue weighted by Crippen LogP contribution is -2.30. The molecule has 6 heteroatoms. The summed E-state index contributed by atoms with van der Waals surface area (Å²) in [4.78, 5) is 0.284. The first-order chi connectivity index (χ1) is 9.35. The summed E-state index contributed by atoms with van der Waals surface area (Å²) in [5, 5.41) is 8.68. The van der Waals surface area contributed by atoms with E-state index in [1.54, 1.807) is 24.3 Å². The van der Waals surface area contributed by atoms with E-state index >= 15 is 0 Å². The van der Waals surface area contributed by atoms with Gasteiger partial charge in [-0.1, -0.05) is 13.8 Å². The average Bonchev–Trinajstić information content (AvgIpc) is 2.78. The molecule has 2 rings (SSSR count). The maximum Gasteiger partial charge on any atom is 0.243 e. The molecule has 0 radical (unpaired) electrons. The summed E-state index contributed by atoms with van der Waals surface area (Å²) in [6, 6.07) is 6.33. The molecule has 0 saturated carbocycles. The second-order valence-corrected chi connectivity index (χ2v) is 7.73.